The molecule has 0 aliphatic rings. The fourth-order valence-electron chi connectivity index (χ4n) is 2.18. The molecule has 1 aromatic rings. The van der Waals surface area contributed by atoms with Gasteiger partial charge in [0.25, 0.3) is 0 Å². The van der Waals surface area contributed by atoms with Crippen LogP contribution in [0.3, 0.4) is 0 Å². The number of halogens is 1. The molecule has 0 saturated heterocycles. The Hall–Kier alpha value is -1.14. The van der Waals surface area contributed by atoms with Gasteiger partial charge in [0.15, 0.2) is 11.4 Å². The van der Waals surface area contributed by atoms with Crippen LogP contribution >= 0.6 is 0 Å². The number of methoxy groups -OCH3 is 2. The van der Waals surface area contributed by atoms with Crippen molar-refractivity contribution in [3.05, 3.63) is 11.9 Å². The predicted octanol–water partition coefficient (Wildman–Crippen LogP) is 2.02. The molecular weight excluding hydrogens is 249 g/mol. The molecule has 6 heteroatoms. The summed E-state index contributed by atoms with van der Waals surface area (Å²) in [6.45, 7) is 4.30. The van der Waals surface area contributed by atoms with E-state index in [9.17, 15) is 0 Å². The fraction of sp³-hybridized carbons (Fsp3) is 0.769. The monoisotopic (exact) mass is 273 g/mol. The Labute approximate surface area is 113 Å². The summed E-state index contributed by atoms with van der Waals surface area (Å²) in [5.41, 5.74) is 4.28. The van der Waals surface area contributed by atoms with Crippen molar-refractivity contribution in [2.75, 3.05) is 27.4 Å². The van der Waals surface area contributed by atoms with Crippen LogP contribution in [-0.2, 0) is 10.4 Å². The predicted molar refractivity (Wildman–Crippen MR) is 72.1 cm³/mol. The molecular formula is C13H24FN3O2. The zero-order valence-electron chi connectivity index (χ0n) is 12.1. The van der Waals surface area contributed by atoms with Crippen LogP contribution < -0.4 is 10.5 Å². The summed E-state index contributed by atoms with van der Waals surface area (Å²) < 4.78 is 27.2. The van der Waals surface area contributed by atoms with E-state index in [0.29, 0.717) is 24.4 Å². The van der Waals surface area contributed by atoms with Crippen LogP contribution in [0.2, 0.25) is 0 Å². The van der Waals surface area contributed by atoms with E-state index in [4.69, 9.17) is 15.2 Å². The lowest BCUT2D eigenvalue weighted by atomic mass is 9.95. The maximum atomic E-state index is 15.3. The second kappa shape index (κ2) is 6.86. The third-order valence-electron chi connectivity index (χ3n) is 3.05. The molecule has 0 aliphatic carbocycles. The minimum absolute atomic E-state index is 0.0399. The highest BCUT2D eigenvalue weighted by Gasteiger charge is 2.39. The first kappa shape index (κ1) is 15.9. The number of nitrogens with zero attached hydrogens (tertiary/aromatic N) is 2. The number of aromatic nitrogens is 2. The number of alkyl halides is 1. The molecule has 0 aliphatic heterocycles. The summed E-state index contributed by atoms with van der Waals surface area (Å²) in [6, 6.07) is 0.0451. The lowest BCUT2D eigenvalue weighted by molar-refractivity contribution is 0.0210. The van der Waals surface area contributed by atoms with Crippen LogP contribution in [0.5, 0.6) is 5.75 Å². The molecule has 1 rings (SSSR count). The molecule has 1 aromatic heterocycles. The molecule has 0 radical (unpaired) electrons. The van der Waals surface area contributed by atoms with Crippen LogP contribution in [-0.4, -0.2) is 37.2 Å². The largest absolute Gasteiger partial charge is 0.493 e. The quantitative estimate of drug-likeness (QED) is 0.787. The lowest BCUT2D eigenvalue weighted by Gasteiger charge is -2.27. The van der Waals surface area contributed by atoms with Crippen molar-refractivity contribution in [2.24, 2.45) is 5.73 Å². The van der Waals surface area contributed by atoms with Crippen molar-refractivity contribution in [1.29, 1.82) is 0 Å². The normalized spacial score (nSPS) is 14.7. The fourth-order valence-corrected chi connectivity index (χ4v) is 2.18. The minimum atomic E-state index is -1.64. The summed E-state index contributed by atoms with van der Waals surface area (Å²) in [5.74, 6) is 0.449. The van der Waals surface area contributed by atoms with Gasteiger partial charge >= 0.3 is 0 Å². The highest BCUT2D eigenvalue weighted by Crippen LogP contribution is 2.38. The average molecular weight is 273 g/mol. The lowest BCUT2D eigenvalue weighted by Crippen LogP contribution is -2.31. The number of hydrogen-bond donors (Lipinski definition) is 1. The van der Waals surface area contributed by atoms with E-state index >= 15 is 4.39 Å². The standard InChI is InChI=1S/C13H24FN3O2/c1-10(2)17-12(11(19-4)8-16-17)13(14,9-18-3)6-5-7-15/h8,10H,5-7,9,15H2,1-4H3. The molecule has 5 nitrogen and oxygen atoms in total. The summed E-state index contributed by atoms with van der Waals surface area (Å²) in [4.78, 5) is 0. The van der Waals surface area contributed by atoms with Gasteiger partial charge in [0.05, 0.1) is 19.9 Å². The van der Waals surface area contributed by atoms with Crippen LogP contribution in [0, 0.1) is 0 Å². The molecule has 0 spiro atoms. The van der Waals surface area contributed by atoms with Crippen LogP contribution in [0.15, 0.2) is 6.20 Å². The SMILES string of the molecule is COCC(F)(CCCN)c1c(OC)cnn1C(C)C. The van der Waals surface area contributed by atoms with Crippen molar-refractivity contribution >= 4 is 0 Å². The summed E-state index contributed by atoms with van der Waals surface area (Å²) in [5, 5.41) is 4.21. The Balaban J connectivity index is 3.22. The van der Waals surface area contributed by atoms with Gasteiger partial charge in [-0.3, -0.25) is 4.68 Å². The summed E-state index contributed by atoms with van der Waals surface area (Å²) in [7, 11) is 3.00. The van der Waals surface area contributed by atoms with E-state index in [1.807, 2.05) is 13.8 Å². The van der Waals surface area contributed by atoms with Gasteiger partial charge < -0.3 is 15.2 Å². The van der Waals surface area contributed by atoms with Crippen LogP contribution in [0.4, 0.5) is 4.39 Å². The topological polar surface area (TPSA) is 62.3 Å². The van der Waals surface area contributed by atoms with Crippen LogP contribution in [0.25, 0.3) is 0 Å². The zero-order chi connectivity index (χ0) is 14.5. The second-order valence-corrected chi connectivity index (χ2v) is 4.89. The molecule has 2 N–H and O–H groups in total. The van der Waals surface area contributed by atoms with Crippen molar-refractivity contribution < 1.29 is 13.9 Å². The molecule has 0 bridgehead atoms. The highest BCUT2D eigenvalue weighted by molar-refractivity contribution is 5.31. The van der Waals surface area contributed by atoms with Crippen molar-refractivity contribution in [2.45, 2.75) is 38.4 Å². The Morgan fingerprint density at radius 2 is 2.16 bits per heavy atom. The van der Waals surface area contributed by atoms with Crippen molar-refractivity contribution in [1.82, 2.24) is 9.78 Å². The maximum Gasteiger partial charge on any atom is 0.179 e. The second-order valence-electron chi connectivity index (χ2n) is 4.89. The summed E-state index contributed by atoms with van der Waals surface area (Å²) in [6.07, 6.45) is 2.40. The van der Waals surface area contributed by atoms with Gasteiger partial charge in [0.2, 0.25) is 0 Å². The van der Waals surface area contributed by atoms with E-state index in [1.165, 1.54) is 14.2 Å². The molecule has 1 unspecified atom stereocenters. The van der Waals surface area contributed by atoms with Gasteiger partial charge in [-0.1, -0.05) is 0 Å². The molecule has 19 heavy (non-hydrogen) atoms. The molecule has 110 valence electrons. The third kappa shape index (κ3) is 3.45. The van der Waals surface area contributed by atoms with Gasteiger partial charge in [-0.05, 0) is 33.2 Å². The van der Waals surface area contributed by atoms with E-state index < -0.39 is 5.67 Å². The average Bonchev–Trinajstić information content (AvgIpc) is 2.81. The van der Waals surface area contributed by atoms with Gasteiger partial charge in [0.1, 0.15) is 5.69 Å². The van der Waals surface area contributed by atoms with E-state index in [2.05, 4.69) is 5.10 Å². The molecule has 1 atom stereocenters. The van der Waals surface area contributed by atoms with E-state index in [-0.39, 0.29) is 19.1 Å². The number of nitrogens with two attached hydrogens (primary N) is 1. The Kier molecular flexibility index (Phi) is 5.75. The Morgan fingerprint density at radius 3 is 2.63 bits per heavy atom. The van der Waals surface area contributed by atoms with Gasteiger partial charge in [0, 0.05) is 13.2 Å². The molecule has 0 fully saturated rings. The maximum absolute atomic E-state index is 15.3. The molecule has 0 saturated carbocycles. The number of ether oxygens (including phenoxy) is 2. The minimum Gasteiger partial charge on any atom is -0.493 e. The first-order valence-electron chi connectivity index (χ1n) is 6.50. The van der Waals surface area contributed by atoms with Gasteiger partial charge in [-0.15, -0.1) is 0 Å². The Morgan fingerprint density at radius 1 is 1.47 bits per heavy atom. The first-order chi connectivity index (χ1) is 9.00. The summed E-state index contributed by atoms with van der Waals surface area (Å²) >= 11 is 0. The van der Waals surface area contributed by atoms with Gasteiger partial charge in [-0.25, -0.2) is 4.39 Å². The zero-order valence-corrected chi connectivity index (χ0v) is 12.1. The van der Waals surface area contributed by atoms with E-state index in [0.717, 1.165) is 0 Å². The van der Waals surface area contributed by atoms with Crippen molar-refractivity contribution in [3.63, 3.8) is 0 Å². The first-order valence-corrected chi connectivity index (χ1v) is 6.50. The molecule has 1 heterocycles. The Bertz CT molecular complexity index is 395. The third-order valence-corrected chi connectivity index (χ3v) is 3.05. The highest BCUT2D eigenvalue weighted by atomic mass is 19.1. The molecule has 0 aromatic carbocycles. The molecule has 0 amide bonds. The van der Waals surface area contributed by atoms with Crippen molar-refractivity contribution in [3.8, 4) is 5.75 Å². The number of hydrogen-bond acceptors (Lipinski definition) is 4. The van der Waals surface area contributed by atoms with Gasteiger partial charge in [-0.2, -0.15) is 5.10 Å². The number of rotatable bonds is 8. The van der Waals surface area contributed by atoms with E-state index in [1.54, 1.807) is 10.9 Å². The smallest absolute Gasteiger partial charge is 0.179 e. The van der Waals surface area contributed by atoms with Crippen LogP contribution in [0.1, 0.15) is 38.4 Å².